The summed E-state index contributed by atoms with van der Waals surface area (Å²) < 4.78 is 13.1. The molecule has 0 aliphatic heterocycles. The molecule has 0 spiro atoms. The maximum absolute atomic E-state index is 6.05. The lowest BCUT2D eigenvalue weighted by Crippen LogP contribution is -2.13. The Hall–Kier alpha value is -1.04. The van der Waals surface area contributed by atoms with Crippen LogP contribution in [0.5, 0.6) is 17.2 Å². The number of hydrogen-bond acceptors (Lipinski definition) is 3. The van der Waals surface area contributed by atoms with Crippen molar-refractivity contribution in [3.63, 3.8) is 0 Å². The fraction of sp³-hybridized carbons (Fsp3) is 0.250. The number of ether oxygens (including phenoxy) is 2. The molecule has 0 aromatic heterocycles. The first kappa shape index (κ1) is 16.3. The normalized spacial score (nSPS) is 12.0. The quantitative estimate of drug-likeness (QED) is 0.720. The van der Waals surface area contributed by atoms with Crippen molar-refractivity contribution in [3.05, 3.63) is 50.9 Å². The first-order valence-electron chi connectivity index (χ1n) is 6.53. The van der Waals surface area contributed by atoms with Gasteiger partial charge in [0.2, 0.25) is 0 Å². The molecule has 1 N–H and O–H groups in total. The molecule has 0 fully saturated rings. The molecule has 0 heterocycles. The monoisotopic (exact) mass is 413 g/mol. The Morgan fingerprint density at radius 3 is 2.38 bits per heavy atom. The summed E-state index contributed by atoms with van der Waals surface area (Å²) in [6.45, 7) is 2.09. The second kappa shape index (κ2) is 7.29. The summed E-state index contributed by atoms with van der Waals surface area (Å²) in [6, 6.07) is 11.8. The van der Waals surface area contributed by atoms with Crippen LogP contribution in [0.1, 0.15) is 18.5 Å². The zero-order chi connectivity index (χ0) is 15.4. The van der Waals surface area contributed by atoms with Crippen molar-refractivity contribution in [2.45, 2.75) is 13.0 Å². The van der Waals surface area contributed by atoms with Crippen LogP contribution < -0.4 is 14.8 Å². The van der Waals surface area contributed by atoms with E-state index in [1.807, 2.05) is 37.4 Å². The van der Waals surface area contributed by atoms with Gasteiger partial charge in [-0.1, -0.05) is 15.9 Å². The average molecular weight is 415 g/mol. The number of hydrogen-bond donors (Lipinski definition) is 1. The lowest BCUT2D eigenvalue weighted by Gasteiger charge is -2.17. The lowest BCUT2D eigenvalue weighted by atomic mass is 10.1. The van der Waals surface area contributed by atoms with E-state index in [-0.39, 0.29) is 6.04 Å². The summed E-state index contributed by atoms with van der Waals surface area (Å²) in [5, 5.41) is 3.23. The van der Waals surface area contributed by atoms with Gasteiger partial charge in [0.05, 0.1) is 11.6 Å². The van der Waals surface area contributed by atoms with Gasteiger partial charge in [-0.25, -0.2) is 0 Å². The minimum absolute atomic E-state index is 0.189. The van der Waals surface area contributed by atoms with Gasteiger partial charge < -0.3 is 14.8 Å². The minimum Gasteiger partial charge on any atom is -0.497 e. The third-order valence-electron chi connectivity index (χ3n) is 3.23. The Kier molecular flexibility index (Phi) is 5.67. The number of nitrogens with one attached hydrogen (secondary N) is 1. The first-order valence-corrected chi connectivity index (χ1v) is 8.12. The predicted molar refractivity (Wildman–Crippen MR) is 92.4 cm³/mol. The predicted octanol–water partition coefficient (Wildman–Crippen LogP) is 5.29. The molecule has 1 unspecified atom stereocenters. The molecule has 2 rings (SSSR count). The minimum atomic E-state index is 0.189. The molecule has 112 valence electrons. The van der Waals surface area contributed by atoms with E-state index in [0.29, 0.717) is 0 Å². The van der Waals surface area contributed by atoms with Crippen molar-refractivity contribution in [2.24, 2.45) is 0 Å². The number of benzene rings is 2. The van der Waals surface area contributed by atoms with Crippen molar-refractivity contribution < 1.29 is 9.47 Å². The van der Waals surface area contributed by atoms with E-state index in [4.69, 9.17) is 9.47 Å². The average Bonchev–Trinajstić information content (AvgIpc) is 2.49. The van der Waals surface area contributed by atoms with Crippen molar-refractivity contribution in [3.8, 4) is 17.2 Å². The fourth-order valence-corrected chi connectivity index (χ4v) is 2.73. The van der Waals surface area contributed by atoms with Crippen LogP contribution in [0.15, 0.2) is 45.3 Å². The highest BCUT2D eigenvalue weighted by atomic mass is 79.9. The van der Waals surface area contributed by atoms with Crippen LogP contribution in [-0.2, 0) is 0 Å². The van der Waals surface area contributed by atoms with Crippen LogP contribution in [0, 0.1) is 0 Å². The number of rotatable bonds is 5. The smallest absolute Gasteiger partial charge is 0.141 e. The van der Waals surface area contributed by atoms with Crippen LogP contribution in [0.3, 0.4) is 0 Å². The third kappa shape index (κ3) is 3.99. The van der Waals surface area contributed by atoms with E-state index in [2.05, 4.69) is 50.2 Å². The van der Waals surface area contributed by atoms with Gasteiger partial charge in [0.25, 0.3) is 0 Å². The van der Waals surface area contributed by atoms with Crippen LogP contribution in [0.4, 0.5) is 0 Å². The largest absolute Gasteiger partial charge is 0.497 e. The molecule has 0 amide bonds. The molecular weight excluding hydrogens is 398 g/mol. The highest BCUT2D eigenvalue weighted by molar-refractivity contribution is 9.10. The molecule has 2 aromatic carbocycles. The zero-order valence-corrected chi connectivity index (χ0v) is 15.3. The first-order chi connectivity index (χ1) is 10.0. The summed E-state index contributed by atoms with van der Waals surface area (Å²) >= 11 is 7.01. The summed E-state index contributed by atoms with van der Waals surface area (Å²) in [5.74, 6) is 2.36. The second-order valence-electron chi connectivity index (χ2n) is 4.59. The van der Waals surface area contributed by atoms with Crippen molar-refractivity contribution >= 4 is 31.9 Å². The number of methoxy groups -OCH3 is 1. The van der Waals surface area contributed by atoms with Crippen LogP contribution in [0.2, 0.25) is 0 Å². The van der Waals surface area contributed by atoms with Gasteiger partial charge in [-0.15, -0.1) is 0 Å². The van der Waals surface area contributed by atoms with Gasteiger partial charge in [0, 0.05) is 16.1 Å². The van der Waals surface area contributed by atoms with Crippen LogP contribution in [0.25, 0.3) is 0 Å². The number of halogens is 2. The lowest BCUT2D eigenvalue weighted by molar-refractivity contribution is 0.411. The molecule has 0 saturated carbocycles. The summed E-state index contributed by atoms with van der Waals surface area (Å²) in [5.41, 5.74) is 1.09. The standard InChI is InChI=1S/C16H17Br2NO2/c1-10(19-2)13-8-11(17)4-6-15(13)21-16-7-5-12(20-3)9-14(16)18/h4-10,19H,1-3H3. The molecular formula is C16H17Br2NO2. The van der Waals surface area contributed by atoms with E-state index in [9.17, 15) is 0 Å². The van der Waals surface area contributed by atoms with Gasteiger partial charge in [-0.3, -0.25) is 0 Å². The Bertz CT molecular complexity index is 632. The Morgan fingerprint density at radius 2 is 1.76 bits per heavy atom. The molecule has 21 heavy (non-hydrogen) atoms. The Balaban J connectivity index is 2.35. The third-order valence-corrected chi connectivity index (χ3v) is 4.34. The molecule has 0 radical (unpaired) electrons. The van der Waals surface area contributed by atoms with Gasteiger partial charge >= 0.3 is 0 Å². The van der Waals surface area contributed by atoms with E-state index in [0.717, 1.165) is 31.8 Å². The molecule has 2 aromatic rings. The highest BCUT2D eigenvalue weighted by Crippen LogP contribution is 2.36. The molecule has 0 bridgehead atoms. The van der Waals surface area contributed by atoms with Gasteiger partial charge in [-0.2, -0.15) is 0 Å². The highest BCUT2D eigenvalue weighted by Gasteiger charge is 2.13. The van der Waals surface area contributed by atoms with Crippen LogP contribution in [-0.4, -0.2) is 14.2 Å². The fourth-order valence-electron chi connectivity index (χ4n) is 1.92. The second-order valence-corrected chi connectivity index (χ2v) is 6.36. The SMILES string of the molecule is CNC(C)c1cc(Br)ccc1Oc1ccc(OC)cc1Br. The molecule has 0 aliphatic carbocycles. The Morgan fingerprint density at radius 1 is 1.05 bits per heavy atom. The van der Waals surface area contributed by atoms with E-state index in [1.54, 1.807) is 7.11 Å². The van der Waals surface area contributed by atoms with E-state index < -0.39 is 0 Å². The summed E-state index contributed by atoms with van der Waals surface area (Å²) in [7, 11) is 3.57. The molecule has 0 saturated heterocycles. The van der Waals surface area contributed by atoms with Gasteiger partial charge in [0.15, 0.2) is 0 Å². The maximum atomic E-state index is 6.05. The van der Waals surface area contributed by atoms with Crippen LogP contribution >= 0.6 is 31.9 Å². The van der Waals surface area contributed by atoms with Gasteiger partial charge in [-0.05, 0) is 66.3 Å². The van der Waals surface area contributed by atoms with E-state index >= 15 is 0 Å². The topological polar surface area (TPSA) is 30.5 Å². The zero-order valence-electron chi connectivity index (χ0n) is 12.1. The van der Waals surface area contributed by atoms with Crippen molar-refractivity contribution in [1.29, 1.82) is 0 Å². The van der Waals surface area contributed by atoms with E-state index in [1.165, 1.54) is 0 Å². The molecule has 3 nitrogen and oxygen atoms in total. The summed E-state index contributed by atoms with van der Waals surface area (Å²) in [4.78, 5) is 0. The molecule has 1 atom stereocenters. The van der Waals surface area contributed by atoms with Gasteiger partial charge in [0.1, 0.15) is 17.2 Å². The van der Waals surface area contributed by atoms with Crippen molar-refractivity contribution in [1.82, 2.24) is 5.32 Å². The van der Waals surface area contributed by atoms with Crippen molar-refractivity contribution in [2.75, 3.05) is 14.2 Å². The summed E-state index contributed by atoms with van der Waals surface area (Å²) in [6.07, 6.45) is 0. The molecule has 0 aliphatic rings. The Labute approximate surface area is 141 Å². The maximum Gasteiger partial charge on any atom is 0.141 e. The molecule has 5 heteroatoms.